The molecule has 0 radical (unpaired) electrons. The molecule has 0 saturated carbocycles. The molecule has 0 spiro atoms. The van der Waals surface area contributed by atoms with Crippen LogP contribution in [0.15, 0.2) is 180 Å². The molecule has 0 bridgehead atoms. The third-order valence-electron chi connectivity index (χ3n) is 11.5. The van der Waals surface area contributed by atoms with E-state index < -0.39 is 24.6 Å². The van der Waals surface area contributed by atoms with Gasteiger partial charge in [0.1, 0.15) is 46.5 Å². The van der Waals surface area contributed by atoms with E-state index in [1.165, 1.54) is 103 Å². The summed E-state index contributed by atoms with van der Waals surface area (Å²) in [5, 5.41) is 23.1. The van der Waals surface area contributed by atoms with Crippen LogP contribution in [0.3, 0.4) is 0 Å². The minimum Gasteiger partial charge on any atom is -0.512 e. The number of nitrogens with zero attached hydrogens (tertiary/aromatic N) is 3. The van der Waals surface area contributed by atoms with Crippen LogP contribution in [0, 0.1) is 116 Å². The van der Waals surface area contributed by atoms with Crippen LogP contribution in [0.2, 0.25) is 0 Å². The summed E-state index contributed by atoms with van der Waals surface area (Å²) < 4.78 is 115. The quantitative estimate of drug-likeness (QED) is 0.0357. The molecule has 16 heteroatoms. The molecule has 0 aliphatic rings. The minimum atomic E-state index is -2.03. The Labute approximate surface area is 495 Å². The number of hydrogen-bond acceptors (Lipinski definition) is 5. The number of carbonyl (C=O) groups excluding carboxylic acids is 1. The summed E-state index contributed by atoms with van der Waals surface area (Å²) in [4.78, 5) is 12.0. The Kier molecular flexibility index (Phi) is 32.9. The zero-order valence-corrected chi connectivity index (χ0v) is 49.7. The Bertz CT molecular complexity index is 3520. The second kappa shape index (κ2) is 37.3. The average Bonchev–Trinajstić information content (AvgIpc) is 3.57. The van der Waals surface area contributed by atoms with Crippen LogP contribution in [0.25, 0.3) is 5.57 Å². The van der Waals surface area contributed by atoms with Crippen LogP contribution in [-0.2, 0) is 21.6 Å². The van der Waals surface area contributed by atoms with E-state index in [2.05, 4.69) is 22.9 Å². The summed E-state index contributed by atoms with van der Waals surface area (Å²) in [5.41, 5.74) is 8.68. The van der Waals surface area contributed by atoms with Gasteiger partial charge >= 0.3 is 17.1 Å². The molecular formula is C66H60BrCuF8N3O2P. The molecule has 82 heavy (non-hydrogen) atoms. The number of rotatable bonds is 9. The fourth-order valence-corrected chi connectivity index (χ4v) is 8.09. The van der Waals surface area contributed by atoms with Crippen molar-refractivity contribution < 1.29 is 61.6 Å². The first-order chi connectivity index (χ1) is 38.3. The maximum atomic E-state index is 13.5. The standard InChI is InChI=1S/C17H18F2.C16H11F2N.C14H10F2O.C8H9F.C6H4BrF.C4H8NOP.CN.Cu/c1-3-5-16(13-6-4-7-14(18)10-13)17-11-15(19)9-8-12(17)2;1-11-5-6-14(18)10-16(11)15(7-8-19)12-3-2-4-13(17)9-12;1-9-5-6-12(16)8-13(9)14(17)10-3-2-4-11(15)7-10;1-6-3-4-8(9)5-7(6)2;7-5-2-1-3-6(8)4-5;1-7(2,6)4-3-5;1-2;/h4,6-11,16H,3,5H2,1-2H3;2-7,9-10H,1H3;2-8H,1H3;3-5H,1-2H3;1-4H;4H2,1-2H3;;/q;;;;;;-1;+1/b;15-7-;;;;;;. The number of benzene rings is 8. The molecule has 0 aliphatic heterocycles. The van der Waals surface area contributed by atoms with Crippen molar-refractivity contribution in [3.8, 4) is 12.1 Å². The predicted molar refractivity (Wildman–Crippen MR) is 310 cm³/mol. The second-order valence-corrected chi connectivity index (χ2v) is 22.8. The molecule has 8 rings (SSSR count). The fraction of sp³-hybridized carbons (Fsp3) is 0.182. The Hall–Kier alpha value is -7.69. The molecular weight excluding hydrogens is 1190 g/mol. The van der Waals surface area contributed by atoms with E-state index in [-0.39, 0.29) is 75.1 Å². The van der Waals surface area contributed by atoms with Gasteiger partial charge in [0.05, 0.1) is 25.4 Å². The van der Waals surface area contributed by atoms with Gasteiger partial charge in [0.2, 0.25) is 0 Å². The van der Waals surface area contributed by atoms with Crippen LogP contribution in [0.1, 0.15) is 91.7 Å². The molecule has 8 aromatic rings. The third kappa shape index (κ3) is 26.3. The van der Waals surface area contributed by atoms with Crippen molar-refractivity contribution >= 4 is 34.4 Å². The van der Waals surface area contributed by atoms with Crippen LogP contribution in [-0.4, -0.2) is 25.3 Å². The van der Waals surface area contributed by atoms with E-state index in [0.717, 1.165) is 56.8 Å². The van der Waals surface area contributed by atoms with Crippen molar-refractivity contribution in [3.05, 3.63) is 295 Å². The van der Waals surface area contributed by atoms with Crippen molar-refractivity contribution in [2.75, 3.05) is 19.5 Å². The largest absolute Gasteiger partial charge is 1.00 e. The first-order valence-electron chi connectivity index (χ1n) is 24.8. The SMILES string of the molecule is CCCC(c1cccc(F)c1)c1cc(F)ccc1C.CP(C)(=O)CC#N.Cc1ccc(F)cc1/C(=C\C#N)c1cccc(F)c1.Cc1ccc(F)cc1C.Cc1ccc(F)cc1C(=O)c1cccc(F)c1.Fc1cccc(Br)c1.[C-]#N.[Cu+]. The Morgan fingerprint density at radius 1 is 0.537 bits per heavy atom. The van der Waals surface area contributed by atoms with Crippen LogP contribution < -0.4 is 0 Å². The van der Waals surface area contributed by atoms with Crippen molar-refractivity contribution in [1.29, 1.82) is 15.8 Å². The molecule has 8 aromatic carbocycles. The number of carbonyl (C=O) groups is 1. The maximum Gasteiger partial charge on any atom is 1.00 e. The minimum absolute atomic E-state index is 0. The molecule has 1 unspecified atom stereocenters. The number of aryl methyl sites for hydroxylation is 5. The van der Waals surface area contributed by atoms with Crippen LogP contribution in [0.5, 0.6) is 0 Å². The van der Waals surface area contributed by atoms with Crippen LogP contribution >= 0.6 is 23.1 Å². The molecule has 0 N–H and O–H groups in total. The maximum absolute atomic E-state index is 13.5. The summed E-state index contributed by atoms with van der Waals surface area (Å²) in [6.07, 6.45) is 3.36. The van der Waals surface area contributed by atoms with Gasteiger partial charge in [-0.15, -0.1) is 0 Å². The van der Waals surface area contributed by atoms with E-state index in [4.69, 9.17) is 22.4 Å². The monoisotopic (exact) mass is 1250 g/mol. The molecule has 1 atom stereocenters. The van der Waals surface area contributed by atoms with Crippen molar-refractivity contribution in [3.63, 3.8) is 0 Å². The Morgan fingerprint density at radius 2 is 0.963 bits per heavy atom. The fourth-order valence-electron chi connectivity index (χ4n) is 7.38. The molecule has 0 aliphatic carbocycles. The summed E-state index contributed by atoms with van der Waals surface area (Å²) in [6, 6.07) is 45.8. The first kappa shape index (κ1) is 72.3. The van der Waals surface area contributed by atoms with Gasteiger partial charge in [-0.2, -0.15) is 10.5 Å². The Morgan fingerprint density at radius 3 is 1.40 bits per heavy atom. The predicted octanol–water partition coefficient (Wildman–Crippen LogP) is 19.2. The van der Waals surface area contributed by atoms with Gasteiger partial charge in [-0.3, -0.25) is 4.79 Å². The normalized spacial score (nSPS) is 10.5. The van der Waals surface area contributed by atoms with Gasteiger partial charge < -0.3 is 16.4 Å². The smallest absolute Gasteiger partial charge is 0.512 e. The molecule has 0 aromatic heterocycles. The number of ketones is 1. The molecule has 5 nitrogen and oxygen atoms in total. The van der Waals surface area contributed by atoms with Gasteiger partial charge in [-0.05, 0) is 213 Å². The van der Waals surface area contributed by atoms with Crippen LogP contribution in [0.4, 0.5) is 35.1 Å². The van der Waals surface area contributed by atoms with E-state index in [1.54, 1.807) is 80.9 Å². The summed E-state index contributed by atoms with van der Waals surface area (Å²) in [6.45, 7) is 19.4. The third-order valence-corrected chi connectivity index (χ3v) is 12.9. The Balaban J connectivity index is 0.000000507. The topological polar surface area (TPSA) is 106 Å². The van der Waals surface area contributed by atoms with Gasteiger partial charge in [0, 0.05) is 27.6 Å². The molecule has 430 valence electrons. The van der Waals surface area contributed by atoms with Gasteiger partial charge in [-0.25, -0.2) is 35.1 Å². The van der Waals surface area contributed by atoms with E-state index in [9.17, 15) is 44.5 Å². The van der Waals surface area contributed by atoms with Gasteiger partial charge in [0.15, 0.2) is 5.78 Å². The van der Waals surface area contributed by atoms with E-state index in [1.807, 2.05) is 45.9 Å². The molecule has 0 saturated heterocycles. The number of allylic oxidation sites excluding steroid dienone is 1. The zero-order valence-electron chi connectivity index (χ0n) is 46.3. The van der Waals surface area contributed by atoms with E-state index in [0.29, 0.717) is 22.3 Å². The number of halogens is 9. The molecule has 0 amide bonds. The first-order valence-corrected chi connectivity index (χ1v) is 28.4. The molecule has 0 fully saturated rings. The van der Waals surface area contributed by atoms with E-state index >= 15 is 0 Å². The van der Waals surface area contributed by atoms with Gasteiger partial charge in [0.25, 0.3) is 0 Å². The van der Waals surface area contributed by atoms with Crippen molar-refractivity contribution in [1.82, 2.24) is 0 Å². The zero-order chi connectivity index (χ0) is 60.8. The van der Waals surface area contributed by atoms with Gasteiger partial charge in [-0.1, -0.05) is 96.0 Å². The number of nitriles is 2. The second-order valence-electron chi connectivity index (χ2n) is 18.4. The molecule has 0 heterocycles. The van der Waals surface area contributed by atoms with Crippen molar-refractivity contribution in [2.24, 2.45) is 0 Å². The summed E-state index contributed by atoms with van der Waals surface area (Å²) >= 11 is 3.12. The average molecular weight is 1250 g/mol. The summed E-state index contributed by atoms with van der Waals surface area (Å²) in [5.74, 6) is -2.90. The number of hydrogen-bond donors (Lipinski definition) is 0. The van der Waals surface area contributed by atoms with Crippen molar-refractivity contribution in [2.45, 2.75) is 60.3 Å². The summed E-state index contributed by atoms with van der Waals surface area (Å²) in [7, 11) is -2.03.